The van der Waals surface area contributed by atoms with Crippen molar-refractivity contribution in [3.05, 3.63) is 35.4 Å². The van der Waals surface area contributed by atoms with Crippen molar-refractivity contribution in [3.63, 3.8) is 0 Å². The van der Waals surface area contributed by atoms with E-state index in [1.165, 1.54) is 4.90 Å². The SMILES string of the molecule is CCCN(CCC)CCCCN(Cc1ccc(CN)cc1)C(C(=O)O)C(=O)O. The zero-order valence-corrected chi connectivity index (χ0v) is 17.1. The fourth-order valence-electron chi connectivity index (χ4n) is 3.35. The third-order valence-electron chi connectivity index (χ3n) is 4.73. The molecule has 0 aromatic heterocycles. The summed E-state index contributed by atoms with van der Waals surface area (Å²) in [7, 11) is 0. The van der Waals surface area contributed by atoms with E-state index in [0.29, 0.717) is 13.1 Å². The lowest BCUT2D eigenvalue weighted by molar-refractivity contribution is -0.157. The molecule has 28 heavy (non-hydrogen) atoms. The van der Waals surface area contributed by atoms with Crippen LogP contribution in [0.25, 0.3) is 0 Å². The molecule has 0 heterocycles. The smallest absolute Gasteiger partial charge is 0.332 e. The van der Waals surface area contributed by atoms with Crippen molar-refractivity contribution in [2.45, 2.75) is 58.7 Å². The molecule has 7 nitrogen and oxygen atoms in total. The summed E-state index contributed by atoms with van der Waals surface area (Å²) in [5, 5.41) is 18.8. The lowest BCUT2D eigenvalue weighted by Gasteiger charge is -2.27. The van der Waals surface area contributed by atoms with E-state index in [0.717, 1.165) is 56.4 Å². The van der Waals surface area contributed by atoms with Gasteiger partial charge in [0.15, 0.2) is 0 Å². The Morgan fingerprint density at radius 1 is 0.893 bits per heavy atom. The largest absolute Gasteiger partial charge is 0.480 e. The van der Waals surface area contributed by atoms with Gasteiger partial charge in [0, 0.05) is 13.1 Å². The fraction of sp³-hybridized carbons (Fsp3) is 0.619. The maximum atomic E-state index is 11.5. The third-order valence-corrected chi connectivity index (χ3v) is 4.73. The third kappa shape index (κ3) is 8.37. The van der Waals surface area contributed by atoms with E-state index < -0.39 is 18.0 Å². The van der Waals surface area contributed by atoms with E-state index >= 15 is 0 Å². The second-order valence-corrected chi connectivity index (χ2v) is 7.12. The lowest BCUT2D eigenvalue weighted by Crippen LogP contribution is -2.47. The summed E-state index contributed by atoms with van der Waals surface area (Å²) >= 11 is 0. The zero-order chi connectivity index (χ0) is 20.9. The minimum atomic E-state index is -1.54. The maximum Gasteiger partial charge on any atom is 0.332 e. The normalized spacial score (nSPS) is 11.5. The minimum absolute atomic E-state index is 0.280. The van der Waals surface area contributed by atoms with Crippen molar-refractivity contribution >= 4 is 11.9 Å². The summed E-state index contributed by atoms with van der Waals surface area (Å²) in [6, 6.07) is 5.98. The van der Waals surface area contributed by atoms with Gasteiger partial charge in [-0.05, 0) is 63.0 Å². The molecule has 0 aliphatic carbocycles. The van der Waals surface area contributed by atoms with E-state index in [1.54, 1.807) is 0 Å². The number of rotatable bonds is 15. The highest BCUT2D eigenvalue weighted by Gasteiger charge is 2.32. The van der Waals surface area contributed by atoms with Crippen LogP contribution in [0.2, 0.25) is 0 Å². The predicted molar refractivity (Wildman–Crippen MR) is 110 cm³/mol. The predicted octanol–water partition coefficient (Wildman–Crippen LogP) is 2.39. The van der Waals surface area contributed by atoms with Gasteiger partial charge in [-0.3, -0.25) is 4.90 Å². The van der Waals surface area contributed by atoms with Crippen LogP contribution in [0.3, 0.4) is 0 Å². The summed E-state index contributed by atoms with van der Waals surface area (Å²) in [5.41, 5.74) is 7.47. The number of carboxylic acid groups (broad SMARTS) is 2. The molecule has 0 bridgehead atoms. The molecule has 0 aliphatic heterocycles. The van der Waals surface area contributed by atoms with Crippen molar-refractivity contribution in [2.24, 2.45) is 5.73 Å². The number of aliphatic carboxylic acids is 2. The first-order valence-electron chi connectivity index (χ1n) is 10.1. The van der Waals surface area contributed by atoms with Gasteiger partial charge in [-0.25, -0.2) is 9.59 Å². The Morgan fingerprint density at radius 2 is 1.39 bits per heavy atom. The van der Waals surface area contributed by atoms with Gasteiger partial charge in [-0.1, -0.05) is 38.1 Å². The Hall–Kier alpha value is -1.96. The van der Waals surface area contributed by atoms with E-state index in [1.807, 2.05) is 24.3 Å². The Bertz CT molecular complexity index is 572. The highest BCUT2D eigenvalue weighted by molar-refractivity contribution is 5.97. The summed E-state index contributed by atoms with van der Waals surface area (Å²) in [6.07, 6.45) is 3.87. The molecule has 1 aromatic carbocycles. The molecule has 0 atom stereocenters. The number of nitrogens with two attached hydrogens (primary N) is 1. The molecule has 0 radical (unpaired) electrons. The topological polar surface area (TPSA) is 107 Å². The first kappa shape index (κ1) is 24.1. The number of carbonyl (C=O) groups is 2. The van der Waals surface area contributed by atoms with Gasteiger partial charge in [0.1, 0.15) is 0 Å². The van der Waals surface area contributed by atoms with Crippen LogP contribution in [-0.4, -0.2) is 64.2 Å². The molecule has 0 amide bonds. The molecule has 0 fully saturated rings. The van der Waals surface area contributed by atoms with E-state index in [2.05, 4.69) is 18.7 Å². The molecule has 7 heteroatoms. The van der Waals surface area contributed by atoms with E-state index in [4.69, 9.17) is 5.73 Å². The molecular weight excluding hydrogens is 358 g/mol. The lowest BCUT2D eigenvalue weighted by atomic mass is 10.1. The maximum absolute atomic E-state index is 11.5. The van der Waals surface area contributed by atoms with Crippen LogP contribution in [0.1, 0.15) is 50.7 Å². The second-order valence-electron chi connectivity index (χ2n) is 7.12. The first-order chi connectivity index (χ1) is 13.4. The standard InChI is InChI=1S/C21H35N3O4/c1-3-11-23(12-4-2)13-5-6-14-24(19(20(25)26)21(27)28)16-18-9-7-17(15-22)8-10-18/h7-10,19H,3-6,11-16,22H2,1-2H3,(H,25,26)(H,27,28). The van der Waals surface area contributed by atoms with Crippen LogP contribution in [0.4, 0.5) is 0 Å². The van der Waals surface area contributed by atoms with Gasteiger partial charge in [-0.2, -0.15) is 0 Å². The number of benzene rings is 1. The highest BCUT2D eigenvalue weighted by Crippen LogP contribution is 2.13. The fourth-order valence-corrected chi connectivity index (χ4v) is 3.35. The molecule has 0 aliphatic rings. The van der Waals surface area contributed by atoms with Gasteiger partial charge in [-0.15, -0.1) is 0 Å². The number of nitrogens with zero attached hydrogens (tertiary/aromatic N) is 2. The summed E-state index contributed by atoms with van der Waals surface area (Å²) < 4.78 is 0. The second kappa shape index (κ2) is 13.3. The van der Waals surface area contributed by atoms with Gasteiger partial charge in [0.05, 0.1) is 0 Å². The van der Waals surface area contributed by atoms with Crippen LogP contribution < -0.4 is 5.73 Å². The Kier molecular flexibility index (Phi) is 11.4. The van der Waals surface area contributed by atoms with Crippen LogP contribution in [-0.2, 0) is 22.7 Å². The average Bonchev–Trinajstić information content (AvgIpc) is 2.65. The number of unbranched alkanes of at least 4 members (excludes halogenated alkanes) is 1. The quantitative estimate of drug-likeness (QED) is 0.310. The molecule has 0 spiro atoms. The van der Waals surface area contributed by atoms with E-state index in [-0.39, 0.29) is 6.54 Å². The molecule has 1 aromatic rings. The molecule has 0 saturated carbocycles. The van der Waals surface area contributed by atoms with E-state index in [9.17, 15) is 19.8 Å². The van der Waals surface area contributed by atoms with Crippen molar-refractivity contribution in [3.8, 4) is 0 Å². The summed E-state index contributed by atoms with van der Waals surface area (Å²) in [6.45, 7) is 8.51. The van der Waals surface area contributed by atoms with Crippen LogP contribution in [0.5, 0.6) is 0 Å². The molecular formula is C21H35N3O4. The average molecular weight is 394 g/mol. The summed E-state index contributed by atoms with van der Waals surface area (Å²) in [5.74, 6) is -2.66. The number of carboxylic acids is 2. The molecule has 0 unspecified atom stereocenters. The monoisotopic (exact) mass is 393 g/mol. The van der Waals surface area contributed by atoms with Crippen LogP contribution in [0.15, 0.2) is 24.3 Å². The minimum Gasteiger partial charge on any atom is -0.480 e. The molecule has 1 rings (SSSR count). The van der Waals surface area contributed by atoms with Gasteiger partial charge < -0.3 is 20.8 Å². The van der Waals surface area contributed by atoms with Gasteiger partial charge in [0.2, 0.25) is 6.04 Å². The van der Waals surface area contributed by atoms with Crippen molar-refractivity contribution in [2.75, 3.05) is 26.2 Å². The Morgan fingerprint density at radius 3 is 1.86 bits per heavy atom. The highest BCUT2D eigenvalue weighted by atomic mass is 16.4. The van der Waals surface area contributed by atoms with Gasteiger partial charge >= 0.3 is 11.9 Å². The number of hydrogen-bond donors (Lipinski definition) is 3. The van der Waals surface area contributed by atoms with Gasteiger partial charge in [0.25, 0.3) is 0 Å². The van der Waals surface area contributed by atoms with Crippen molar-refractivity contribution in [1.82, 2.24) is 9.80 Å². The van der Waals surface area contributed by atoms with Crippen molar-refractivity contribution in [1.29, 1.82) is 0 Å². The molecule has 0 saturated heterocycles. The van der Waals surface area contributed by atoms with Crippen LogP contribution >= 0.6 is 0 Å². The van der Waals surface area contributed by atoms with Crippen LogP contribution in [0, 0.1) is 0 Å². The molecule has 158 valence electrons. The summed E-state index contributed by atoms with van der Waals surface area (Å²) in [4.78, 5) is 27.0. The Balaban J connectivity index is 2.74. The Labute approximate surface area is 168 Å². The number of hydrogen-bond acceptors (Lipinski definition) is 5. The zero-order valence-electron chi connectivity index (χ0n) is 17.1. The first-order valence-corrected chi connectivity index (χ1v) is 10.1. The molecule has 4 N–H and O–H groups in total. The van der Waals surface area contributed by atoms with Crippen molar-refractivity contribution < 1.29 is 19.8 Å².